The molecule has 1 heterocycles. The van der Waals surface area contributed by atoms with E-state index in [-0.39, 0.29) is 17.4 Å². The molecule has 1 aromatic heterocycles. The van der Waals surface area contributed by atoms with Crippen molar-refractivity contribution < 1.29 is 9.18 Å². The number of nitrogens with zero attached hydrogens (tertiary/aromatic N) is 2. The lowest BCUT2D eigenvalue weighted by Crippen LogP contribution is -2.26. The van der Waals surface area contributed by atoms with Crippen LogP contribution in [0.5, 0.6) is 0 Å². The molecule has 6 heteroatoms. The smallest absolute Gasteiger partial charge is 0.271 e. The first kappa shape index (κ1) is 16.9. The number of anilines is 1. The van der Waals surface area contributed by atoms with Crippen LogP contribution in [-0.4, -0.2) is 29.2 Å². The van der Waals surface area contributed by atoms with Crippen LogP contribution in [0.3, 0.4) is 0 Å². The highest BCUT2D eigenvalue weighted by atomic mass is 19.1. The minimum absolute atomic E-state index is 0.263. The zero-order valence-electron chi connectivity index (χ0n) is 13.2. The second-order valence-corrected chi connectivity index (χ2v) is 5.22. The molecule has 0 saturated heterocycles. The van der Waals surface area contributed by atoms with E-state index in [9.17, 15) is 9.18 Å². The Hall–Kier alpha value is -2.50. The molecule has 0 aliphatic rings. The van der Waals surface area contributed by atoms with Gasteiger partial charge in [-0.1, -0.05) is 25.5 Å². The minimum Gasteiger partial charge on any atom is -0.369 e. The van der Waals surface area contributed by atoms with Crippen LogP contribution >= 0.6 is 0 Å². The second kappa shape index (κ2) is 8.82. The molecule has 2 aromatic rings. The van der Waals surface area contributed by atoms with Crippen LogP contribution < -0.4 is 10.6 Å². The van der Waals surface area contributed by atoms with Crippen LogP contribution in [0.25, 0.3) is 0 Å². The van der Waals surface area contributed by atoms with Crippen LogP contribution in [0.15, 0.2) is 36.4 Å². The summed E-state index contributed by atoms with van der Waals surface area (Å²) in [6.45, 7) is 3.42. The number of halogens is 1. The van der Waals surface area contributed by atoms with Crippen molar-refractivity contribution in [1.29, 1.82) is 0 Å². The lowest BCUT2D eigenvalue weighted by Gasteiger charge is -2.06. The molecule has 0 spiro atoms. The number of hydrogen-bond acceptors (Lipinski definition) is 4. The van der Waals surface area contributed by atoms with Gasteiger partial charge in [0.2, 0.25) is 0 Å². The topological polar surface area (TPSA) is 66.9 Å². The summed E-state index contributed by atoms with van der Waals surface area (Å²) < 4.78 is 12.8. The molecule has 1 aromatic carbocycles. The Balaban J connectivity index is 1.77. The number of carbonyl (C=O) groups is 1. The first-order chi connectivity index (χ1) is 11.2. The standard InChI is InChI=1S/C17H21FN4O/c1-2-3-11-19-16-9-8-15(21-22-16)17(23)20-12-10-13-4-6-14(18)7-5-13/h4-9H,2-3,10-12H2,1H3,(H,19,22)(H,20,23). The average molecular weight is 316 g/mol. The molecule has 0 atom stereocenters. The van der Waals surface area contributed by atoms with Crippen molar-refractivity contribution in [3.8, 4) is 0 Å². The van der Waals surface area contributed by atoms with E-state index in [2.05, 4.69) is 27.8 Å². The molecule has 2 N–H and O–H groups in total. The average Bonchev–Trinajstić information content (AvgIpc) is 2.57. The molecule has 0 fully saturated rings. The van der Waals surface area contributed by atoms with Crippen molar-refractivity contribution in [3.63, 3.8) is 0 Å². The quantitative estimate of drug-likeness (QED) is 0.735. The molecular formula is C17H21FN4O. The lowest BCUT2D eigenvalue weighted by atomic mass is 10.1. The first-order valence-corrected chi connectivity index (χ1v) is 7.79. The molecule has 0 bridgehead atoms. The normalized spacial score (nSPS) is 10.3. The zero-order chi connectivity index (χ0) is 16.5. The van der Waals surface area contributed by atoms with Crippen molar-refractivity contribution in [2.45, 2.75) is 26.2 Å². The molecular weight excluding hydrogens is 295 g/mol. The SMILES string of the molecule is CCCCNc1ccc(C(=O)NCCc2ccc(F)cc2)nn1. The van der Waals surface area contributed by atoms with Gasteiger partial charge in [-0.3, -0.25) is 4.79 Å². The van der Waals surface area contributed by atoms with Crippen molar-refractivity contribution >= 4 is 11.7 Å². The van der Waals surface area contributed by atoms with Crippen LogP contribution in [0.1, 0.15) is 35.8 Å². The first-order valence-electron chi connectivity index (χ1n) is 7.79. The molecule has 0 aliphatic heterocycles. The third-order valence-corrected chi connectivity index (χ3v) is 3.35. The van der Waals surface area contributed by atoms with Gasteiger partial charge in [0.25, 0.3) is 5.91 Å². The largest absolute Gasteiger partial charge is 0.369 e. The van der Waals surface area contributed by atoms with Gasteiger partial charge >= 0.3 is 0 Å². The Morgan fingerprint density at radius 2 is 1.87 bits per heavy atom. The number of hydrogen-bond donors (Lipinski definition) is 2. The molecule has 2 rings (SSSR count). The van der Waals surface area contributed by atoms with E-state index in [1.54, 1.807) is 24.3 Å². The molecule has 0 saturated carbocycles. The van der Waals surface area contributed by atoms with E-state index < -0.39 is 0 Å². The number of unbranched alkanes of at least 4 members (excludes halogenated alkanes) is 1. The van der Waals surface area contributed by atoms with Crippen LogP contribution in [-0.2, 0) is 6.42 Å². The van der Waals surface area contributed by atoms with Crippen molar-refractivity contribution in [2.75, 3.05) is 18.4 Å². The Bertz CT molecular complexity index is 613. The Labute approximate surface area is 135 Å². The highest BCUT2D eigenvalue weighted by Crippen LogP contribution is 2.04. The van der Waals surface area contributed by atoms with Gasteiger partial charge in [-0.05, 0) is 42.7 Å². The van der Waals surface area contributed by atoms with E-state index in [1.165, 1.54) is 12.1 Å². The summed E-state index contributed by atoms with van der Waals surface area (Å²) >= 11 is 0. The van der Waals surface area contributed by atoms with Gasteiger partial charge < -0.3 is 10.6 Å². The Kier molecular flexibility index (Phi) is 6.47. The molecule has 0 aliphatic carbocycles. The number of amides is 1. The van der Waals surface area contributed by atoms with Crippen molar-refractivity contribution in [3.05, 3.63) is 53.5 Å². The van der Waals surface area contributed by atoms with Gasteiger partial charge in [0.1, 0.15) is 11.6 Å². The number of benzene rings is 1. The predicted octanol–water partition coefficient (Wildman–Crippen LogP) is 2.80. The van der Waals surface area contributed by atoms with Gasteiger partial charge in [0, 0.05) is 13.1 Å². The minimum atomic E-state index is -0.264. The van der Waals surface area contributed by atoms with Crippen LogP contribution in [0, 0.1) is 5.82 Å². The van der Waals surface area contributed by atoms with Crippen molar-refractivity contribution in [1.82, 2.24) is 15.5 Å². The fraction of sp³-hybridized carbons (Fsp3) is 0.353. The maximum Gasteiger partial charge on any atom is 0.271 e. The lowest BCUT2D eigenvalue weighted by molar-refractivity contribution is 0.0948. The number of rotatable bonds is 8. The summed E-state index contributed by atoms with van der Waals surface area (Å²) in [7, 11) is 0. The van der Waals surface area contributed by atoms with Gasteiger partial charge in [-0.15, -0.1) is 10.2 Å². The summed E-state index contributed by atoms with van der Waals surface area (Å²) in [5.74, 6) is 0.140. The highest BCUT2D eigenvalue weighted by Gasteiger charge is 2.07. The monoisotopic (exact) mass is 316 g/mol. The molecule has 23 heavy (non-hydrogen) atoms. The fourth-order valence-corrected chi connectivity index (χ4v) is 2.00. The van der Waals surface area contributed by atoms with Gasteiger partial charge in [-0.25, -0.2) is 4.39 Å². The van der Waals surface area contributed by atoms with E-state index in [1.807, 2.05) is 0 Å². The van der Waals surface area contributed by atoms with Gasteiger partial charge in [-0.2, -0.15) is 0 Å². The number of carbonyl (C=O) groups excluding carboxylic acids is 1. The van der Waals surface area contributed by atoms with Crippen molar-refractivity contribution in [2.24, 2.45) is 0 Å². The summed E-state index contributed by atoms with van der Waals surface area (Å²) in [6, 6.07) is 9.63. The maximum atomic E-state index is 12.8. The Morgan fingerprint density at radius 1 is 1.09 bits per heavy atom. The fourth-order valence-electron chi connectivity index (χ4n) is 2.00. The third-order valence-electron chi connectivity index (χ3n) is 3.35. The molecule has 1 amide bonds. The van der Waals surface area contributed by atoms with E-state index in [0.717, 1.165) is 24.9 Å². The number of nitrogens with one attached hydrogen (secondary N) is 2. The summed E-state index contributed by atoms with van der Waals surface area (Å²) in [5.41, 5.74) is 1.25. The molecule has 0 unspecified atom stereocenters. The van der Waals surface area contributed by atoms with E-state index in [0.29, 0.717) is 18.8 Å². The second-order valence-electron chi connectivity index (χ2n) is 5.22. The summed E-state index contributed by atoms with van der Waals surface area (Å²) in [6.07, 6.45) is 2.80. The molecule has 122 valence electrons. The maximum absolute atomic E-state index is 12.8. The number of aromatic nitrogens is 2. The predicted molar refractivity (Wildman–Crippen MR) is 87.9 cm³/mol. The third kappa shape index (κ3) is 5.65. The van der Waals surface area contributed by atoms with E-state index in [4.69, 9.17) is 0 Å². The van der Waals surface area contributed by atoms with Gasteiger partial charge in [0.05, 0.1) is 0 Å². The summed E-state index contributed by atoms with van der Waals surface area (Å²) in [5, 5.41) is 13.8. The van der Waals surface area contributed by atoms with Crippen LogP contribution in [0.4, 0.5) is 10.2 Å². The molecule has 0 radical (unpaired) electrons. The summed E-state index contributed by atoms with van der Waals surface area (Å²) in [4.78, 5) is 12.0. The van der Waals surface area contributed by atoms with Gasteiger partial charge in [0.15, 0.2) is 5.69 Å². The van der Waals surface area contributed by atoms with E-state index >= 15 is 0 Å². The Morgan fingerprint density at radius 3 is 2.52 bits per heavy atom. The molecule has 5 nitrogen and oxygen atoms in total. The van der Waals surface area contributed by atoms with Crippen LogP contribution in [0.2, 0.25) is 0 Å². The zero-order valence-corrected chi connectivity index (χ0v) is 13.2. The highest BCUT2D eigenvalue weighted by molar-refractivity contribution is 5.92.